The molecule has 3 amide bonds. The molecule has 8 nitrogen and oxygen atoms in total. The molecule has 0 unspecified atom stereocenters. The molecule has 2 aromatic rings. The number of rotatable bonds is 6. The third kappa shape index (κ3) is 3.95. The Balaban J connectivity index is 1.23. The number of ether oxygens (including phenoxy) is 1. The van der Waals surface area contributed by atoms with Crippen LogP contribution in [0.25, 0.3) is 0 Å². The molecule has 3 aliphatic rings. The quantitative estimate of drug-likeness (QED) is 0.299. The van der Waals surface area contributed by atoms with E-state index in [2.05, 4.69) is 11.4 Å². The first-order valence-corrected chi connectivity index (χ1v) is 11.5. The van der Waals surface area contributed by atoms with Gasteiger partial charge in [0, 0.05) is 11.3 Å². The highest BCUT2D eigenvalue weighted by atomic mass is 16.5. The van der Waals surface area contributed by atoms with Gasteiger partial charge in [0.1, 0.15) is 0 Å². The van der Waals surface area contributed by atoms with Crippen molar-refractivity contribution in [3.63, 3.8) is 0 Å². The van der Waals surface area contributed by atoms with Crippen LogP contribution >= 0.6 is 0 Å². The Morgan fingerprint density at radius 3 is 2.43 bits per heavy atom. The summed E-state index contributed by atoms with van der Waals surface area (Å²) >= 11 is 0. The van der Waals surface area contributed by atoms with E-state index in [4.69, 9.17) is 4.74 Å². The largest absolute Gasteiger partial charge is 0.452 e. The van der Waals surface area contributed by atoms with Crippen molar-refractivity contribution in [2.24, 2.45) is 23.7 Å². The van der Waals surface area contributed by atoms with E-state index in [9.17, 15) is 24.0 Å². The lowest BCUT2D eigenvalue weighted by Crippen LogP contribution is -2.33. The first-order chi connectivity index (χ1) is 16.7. The van der Waals surface area contributed by atoms with Crippen LogP contribution in [0.15, 0.2) is 60.2 Å². The van der Waals surface area contributed by atoms with Crippen LogP contribution in [0.4, 0.5) is 11.4 Å². The van der Waals surface area contributed by atoms with Crippen molar-refractivity contribution in [1.29, 1.82) is 0 Å². The first kappa shape index (κ1) is 22.7. The van der Waals surface area contributed by atoms with E-state index >= 15 is 0 Å². The molecule has 2 bridgehead atoms. The van der Waals surface area contributed by atoms with Crippen molar-refractivity contribution in [3.8, 4) is 0 Å². The monoisotopic (exact) mass is 472 g/mol. The third-order valence-electron chi connectivity index (χ3n) is 7.13. The Hall–Kier alpha value is -4.07. The lowest BCUT2D eigenvalue weighted by Gasteiger charge is -2.19. The highest BCUT2D eigenvalue weighted by Gasteiger charge is 2.60. The Bertz CT molecular complexity index is 1300. The lowest BCUT2D eigenvalue weighted by atomic mass is 9.82. The zero-order valence-electron chi connectivity index (χ0n) is 19.3. The van der Waals surface area contributed by atoms with Crippen LogP contribution in [0.3, 0.4) is 0 Å². The molecule has 2 aromatic carbocycles. The van der Waals surface area contributed by atoms with E-state index in [-0.39, 0.29) is 46.8 Å². The smallest absolute Gasteiger partial charge is 0.338 e. The molecule has 1 heterocycles. The number of nitrogens with one attached hydrogen (secondary N) is 1. The van der Waals surface area contributed by atoms with Crippen LogP contribution in [0.1, 0.15) is 41.0 Å². The number of hydrogen-bond acceptors (Lipinski definition) is 6. The molecule has 1 aliphatic heterocycles. The number of fused-ring (bicyclic) bond motifs is 5. The van der Waals surface area contributed by atoms with Crippen molar-refractivity contribution in [3.05, 3.63) is 71.3 Å². The molecule has 2 aliphatic carbocycles. The van der Waals surface area contributed by atoms with Crippen LogP contribution < -0.4 is 10.2 Å². The summed E-state index contributed by atoms with van der Waals surface area (Å²) in [6.07, 6.45) is 2.96. The molecule has 5 rings (SSSR count). The molecular weight excluding hydrogens is 448 g/mol. The molecule has 0 aromatic heterocycles. The van der Waals surface area contributed by atoms with Crippen molar-refractivity contribution in [2.45, 2.75) is 20.3 Å². The minimum atomic E-state index is -0.745. The number of hydrogen-bond donors (Lipinski definition) is 1. The molecule has 35 heavy (non-hydrogen) atoms. The summed E-state index contributed by atoms with van der Waals surface area (Å²) in [6, 6.07) is 12.5. The van der Waals surface area contributed by atoms with Crippen LogP contribution in [-0.4, -0.2) is 36.1 Å². The van der Waals surface area contributed by atoms with E-state index in [1.54, 1.807) is 36.4 Å². The zero-order valence-corrected chi connectivity index (χ0v) is 19.3. The molecular formula is C27H24N2O6. The van der Waals surface area contributed by atoms with Gasteiger partial charge in [0.15, 0.2) is 12.4 Å². The zero-order chi connectivity index (χ0) is 24.9. The lowest BCUT2D eigenvalue weighted by molar-refractivity contribution is -0.123. The number of allylic oxidation sites excluding steroid dienone is 2. The maximum Gasteiger partial charge on any atom is 0.338 e. The summed E-state index contributed by atoms with van der Waals surface area (Å²) in [5.74, 6) is -2.28. The Morgan fingerprint density at radius 2 is 1.71 bits per heavy atom. The number of imide groups is 1. The van der Waals surface area contributed by atoms with Crippen LogP contribution in [0.2, 0.25) is 0 Å². The number of ketones is 1. The SMILES string of the molecule is CC(=O)c1ccc(NC(=O)COC(=O)c2cccc(N3C(=O)[C@@H]4[C@@H](C3=O)[C@H]3C=C(C)[C@H]4C3)c2)cc1. The number of anilines is 2. The summed E-state index contributed by atoms with van der Waals surface area (Å²) in [7, 11) is 0. The van der Waals surface area contributed by atoms with Gasteiger partial charge in [0.25, 0.3) is 5.91 Å². The van der Waals surface area contributed by atoms with Gasteiger partial charge in [-0.15, -0.1) is 0 Å². The number of benzene rings is 2. The summed E-state index contributed by atoms with van der Waals surface area (Å²) in [5, 5.41) is 2.59. The minimum Gasteiger partial charge on any atom is -0.452 e. The average molecular weight is 472 g/mol. The molecule has 178 valence electrons. The maximum atomic E-state index is 13.2. The van der Waals surface area contributed by atoms with E-state index < -0.39 is 18.5 Å². The van der Waals surface area contributed by atoms with Gasteiger partial charge in [-0.1, -0.05) is 17.7 Å². The number of amides is 3. The Kier molecular flexibility index (Phi) is 5.59. The second-order valence-electron chi connectivity index (χ2n) is 9.29. The van der Waals surface area contributed by atoms with Crippen LogP contribution in [0.5, 0.6) is 0 Å². The van der Waals surface area contributed by atoms with E-state index in [1.807, 2.05) is 6.92 Å². The number of esters is 1. The Labute approximate surface area is 201 Å². The highest BCUT2D eigenvalue weighted by molar-refractivity contribution is 6.23. The summed E-state index contributed by atoms with van der Waals surface area (Å²) in [6.45, 7) is 2.94. The fourth-order valence-electron chi connectivity index (χ4n) is 5.50. The van der Waals surface area contributed by atoms with Gasteiger partial charge >= 0.3 is 5.97 Å². The molecule has 1 N–H and O–H groups in total. The van der Waals surface area contributed by atoms with Gasteiger partial charge in [-0.3, -0.25) is 19.2 Å². The van der Waals surface area contributed by atoms with E-state index in [1.165, 1.54) is 29.5 Å². The van der Waals surface area contributed by atoms with Gasteiger partial charge in [-0.25, -0.2) is 9.69 Å². The number of nitrogens with zero attached hydrogens (tertiary/aromatic N) is 1. The fourth-order valence-corrected chi connectivity index (χ4v) is 5.50. The third-order valence-corrected chi connectivity index (χ3v) is 7.13. The highest BCUT2D eigenvalue weighted by Crippen LogP contribution is 2.55. The second kappa shape index (κ2) is 8.61. The van der Waals surface area contributed by atoms with Gasteiger partial charge in [-0.2, -0.15) is 0 Å². The van der Waals surface area contributed by atoms with Gasteiger partial charge in [0.05, 0.1) is 23.1 Å². The molecule has 1 saturated heterocycles. The topological polar surface area (TPSA) is 110 Å². The molecule has 4 atom stereocenters. The molecule has 2 fully saturated rings. The molecule has 0 spiro atoms. The fraction of sp³-hybridized carbons (Fsp3) is 0.296. The number of carbonyl (C=O) groups is 5. The normalized spacial score (nSPS) is 24.3. The average Bonchev–Trinajstić information content (AvgIpc) is 3.48. The minimum absolute atomic E-state index is 0.0845. The van der Waals surface area contributed by atoms with Gasteiger partial charge in [0.2, 0.25) is 11.8 Å². The van der Waals surface area contributed by atoms with Crippen molar-refractivity contribution in [1.82, 2.24) is 0 Å². The second-order valence-corrected chi connectivity index (χ2v) is 9.29. The predicted octanol–water partition coefficient (Wildman–Crippen LogP) is 3.39. The molecule has 1 saturated carbocycles. The Morgan fingerprint density at radius 1 is 1.00 bits per heavy atom. The van der Waals surface area contributed by atoms with E-state index in [0.717, 1.165) is 6.42 Å². The van der Waals surface area contributed by atoms with Gasteiger partial charge in [-0.05, 0) is 74.6 Å². The predicted molar refractivity (Wildman–Crippen MR) is 127 cm³/mol. The first-order valence-electron chi connectivity index (χ1n) is 11.5. The maximum absolute atomic E-state index is 13.2. The van der Waals surface area contributed by atoms with Crippen molar-refractivity contribution in [2.75, 3.05) is 16.8 Å². The number of carbonyl (C=O) groups excluding carboxylic acids is 5. The molecule has 0 radical (unpaired) electrons. The summed E-state index contributed by atoms with van der Waals surface area (Å²) in [5.41, 5.74) is 2.62. The standard InChI is InChI=1S/C27H24N2O6/c1-14-10-18-12-21(14)24-23(18)25(32)29(26(24)33)20-5-3-4-17(11-20)27(34)35-13-22(31)28-19-8-6-16(7-9-19)15(2)30/h3-11,18,21,23-24H,12-13H2,1-2H3,(H,28,31)/t18-,21+,23-,24-/m0/s1. The van der Waals surface area contributed by atoms with Crippen molar-refractivity contribution < 1.29 is 28.7 Å². The van der Waals surface area contributed by atoms with Crippen LogP contribution in [0, 0.1) is 23.7 Å². The van der Waals surface area contributed by atoms with Crippen molar-refractivity contribution >= 4 is 40.8 Å². The van der Waals surface area contributed by atoms with Gasteiger partial charge < -0.3 is 10.1 Å². The molecule has 8 heteroatoms. The van der Waals surface area contributed by atoms with E-state index in [0.29, 0.717) is 16.9 Å². The number of Topliss-reactive ketones (excluding diaryl/α,β-unsaturated/α-hetero) is 1. The summed E-state index contributed by atoms with van der Waals surface area (Å²) in [4.78, 5) is 63.5. The summed E-state index contributed by atoms with van der Waals surface area (Å²) < 4.78 is 5.13. The van der Waals surface area contributed by atoms with Crippen LogP contribution in [-0.2, 0) is 19.1 Å².